The number of benzene rings is 13. The van der Waals surface area contributed by atoms with Gasteiger partial charge in [0.2, 0.25) is 0 Å². The van der Waals surface area contributed by atoms with Gasteiger partial charge in [0.15, 0.2) is 11.6 Å². The van der Waals surface area contributed by atoms with Gasteiger partial charge in [0, 0.05) is 69.0 Å². The van der Waals surface area contributed by atoms with Gasteiger partial charge in [0.1, 0.15) is 0 Å². The molecule has 0 N–H and O–H groups in total. The fourth-order valence-corrected chi connectivity index (χ4v) is 15.8. The molecule has 0 bridgehead atoms. The minimum Gasteiger partial charge on any atom is -0.264 e. The molecule has 0 fully saturated rings. The molecule has 4 aromatic heterocycles. The molecular weight excluding hydrogens is 1290 g/mol. The molecule has 0 amide bonds. The molecule has 4 heterocycles. The number of nitrogens with zero attached hydrogens (tertiary/aromatic N) is 6. The third-order valence-corrected chi connectivity index (χ3v) is 21.5. The number of fused-ring (bicyclic) bond motifs is 8. The smallest absolute Gasteiger partial charge is 0.160 e. The topological polar surface area (TPSA) is 77.3 Å². The van der Waals surface area contributed by atoms with E-state index in [0.717, 1.165) is 84.0 Å². The van der Waals surface area contributed by atoms with E-state index in [2.05, 4.69) is 329 Å². The normalized spacial score (nSPS) is 12.7. The summed E-state index contributed by atoms with van der Waals surface area (Å²) in [7, 11) is 0. The average Bonchev–Trinajstić information content (AvgIpc) is 1.57. The van der Waals surface area contributed by atoms with Crippen LogP contribution in [0, 0.1) is 0 Å². The third kappa shape index (κ3) is 12.2. The van der Waals surface area contributed by atoms with E-state index in [4.69, 9.17) is 19.9 Å². The summed E-state index contributed by atoms with van der Waals surface area (Å²) in [6, 6.07) is 121. The number of hydrogen-bond acceptors (Lipinski definition) is 6. The molecule has 2 aliphatic carbocycles. The van der Waals surface area contributed by atoms with Gasteiger partial charge in [-0.15, -0.1) is 0 Å². The predicted octanol–water partition coefficient (Wildman–Crippen LogP) is 25.5. The second-order valence-corrected chi connectivity index (χ2v) is 28.6. The zero-order valence-electron chi connectivity index (χ0n) is 59.3. The van der Waals surface area contributed by atoms with Crippen molar-refractivity contribution in [1.29, 1.82) is 0 Å². The van der Waals surface area contributed by atoms with Crippen molar-refractivity contribution < 1.29 is 0 Å². The molecule has 2 aliphatic rings. The van der Waals surface area contributed by atoms with Crippen LogP contribution < -0.4 is 0 Å². The van der Waals surface area contributed by atoms with Crippen LogP contribution in [0.1, 0.15) is 49.9 Å². The zero-order chi connectivity index (χ0) is 71.3. The Morgan fingerprint density at radius 1 is 0.217 bits per heavy atom. The summed E-state index contributed by atoms with van der Waals surface area (Å²) in [6.07, 6.45) is 7.37. The lowest BCUT2D eigenvalue weighted by atomic mass is 9.80. The first kappa shape index (κ1) is 64.7. The van der Waals surface area contributed by atoms with E-state index in [0.29, 0.717) is 11.6 Å². The maximum atomic E-state index is 5.06. The van der Waals surface area contributed by atoms with E-state index in [1.807, 2.05) is 60.9 Å². The van der Waals surface area contributed by atoms with Crippen LogP contribution in [-0.2, 0) is 10.8 Å². The Labute approximate surface area is 618 Å². The molecule has 0 atom stereocenters. The monoisotopic (exact) mass is 1360 g/mol. The SMILES string of the molecule is CC1(C)c2ccc(-c3ccc(-c4ccc(-c5cc(-c6ccc(-c7cccnc7)cc6)nc(-c6ccccc6)n5)cc4)cc3)cc2-c2ccc3ccccc3c21.CC1(C)c2ccccc2-c2c(-c3ccc(-c4ccc(-c5cc(-c6ccc(-c7cccnc7)cc6)nc(-c6ccccc6)n5)cc4)cc3)cccc21. The van der Waals surface area contributed by atoms with Gasteiger partial charge in [-0.05, 0) is 152 Å². The Balaban J connectivity index is 0.000000151. The molecule has 6 nitrogen and oxygen atoms in total. The van der Waals surface area contributed by atoms with E-state index < -0.39 is 0 Å². The molecule has 502 valence electrons. The highest BCUT2D eigenvalue weighted by Gasteiger charge is 2.38. The summed E-state index contributed by atoms with van der Waals surface area (Å²) in [5.41, 5.74) is 34.7. The van der Waals surface area contributed by atoms with Crippen LogP contribution >= 0.6 is 0 Å². The fourth-order valence-electron chi connectivity index (χ4n) is 15.8. The minimum absolute atomic E-state index is 0.0131. The molecule has 0 saturated carbocycles. The van der Waals surface area contributed by atoms with Crippen LogP contribution in [0.25, 0.3) is 168 Å². The van der Waals surface area contributed by atoms with Crippen LogP contribution in [0.15, 0.2) is 365 Å². The molecule has 0 spiro atoms. The van der Waals surface area contributed by atoms with Gasteiger partial charge in [0.25, 0.3) is 0 Å². The summed E-state index contributed by atoms with van der Waals surface area (Å²) < 4.78 is 0. The largest absolute Gasteiger partial charge is 0.264 e. The highest BCUT2D eigenvalue weighted by Crippen LogP contribution is 2.54. The minimum atomic E-state index is -0.0528. The van der Waals surface area contributed by atoms with Gasteiger partial charge in [-0.1, -0.05) is 337 Å². The average molecular weight is 1360 g/mol. The first-order valence-corrected chi connectivity index (χ1v) is 36.3. The molecule has 0 aliphatic heterocycles. The number of pyridine rings is 2. The lowest BCUT2D eigenvalue weighted by Gasteiger charge is -2.23. The Kier molecular flexibility index (Phi) is 16.5. The molecule has 19 rings (SSSR count). The highest BCUT2D eigenvalue weighted by atomic mass is 14.9. The Morgan fingerprint density at radius 2 is 0.585 bits per heavy atom. The third-order valence-electron chi connectivity index (χ3n) is 21.5. The quantitative estimate of drug-likeness (QED) is 0.121. The van der Waals surface area contributed by atoms with Crippen molar-refractivity contribution in [2.75, 3.05) is 0 Å². The summed E-state index contributed by atoms with van der Waals surface area (Å²) >= 11 is 0. The molecular formula is C100H72N6. The first-order chi connectivity index (χ1) is 52.0. The van der Waals surface area contributed by atoms with Gasteiger partial charge < -0.3 is 0 Å². The van der Waals surface area contributed by atoms with E-state index in [9.17, 15) is 0 Å². The predicted molar refractivity (Wildman–Crippen MR) is 438 cm³/mol. The molecule has 0 unspecified atom stereocenters. The van der Waals surface area contributed by atoms with Crippen molar-refractivity contribution in [3.8, 4) is 157 Å². The summed E-state index contributed by atoms with van der Waals surface area (Å²) in [6.45, 7) is 9.39. The zero-order valence-corrected chi connectivity index (χ0v) is 59.3. The number of rotatable bonds is 12. The number of aromatic nitrogens is 6. The van der Waals surface area contributed by atoms with Gasteiger partial charge in [0.05, 0.1) is 22.8 Å². The summed E-state index contributed by atoms with van der Waals surface area (Å²) in [5, 5.41) is 2.65. The second-order valence-electron chi connectivity index (χ2n) is 28.6. The molecule has 0 saturated heterocycles. The van der Waals surface area contributed by atoms with Crippen LogP contribution in [0.5, 0.6) is 0 Å². The molecule has 0 radical (unpaired) electrons. The van der Waals surface area contributed by atoms with Crippen molar-refractivity contribution in [2.24, 2.45) is 0 Å². The number of hydrogen-bond donors (Lipinski definition) is 0. The first-order valence-electron chi connectivity index (χ1n) is 36.3. The van der Waals surface area contributed by atoms with Crippen molar-refractivity contribution in [1.82, 2.24) is 29.9 Å². The van der Waals surface area contributed by atoms with E-state index >= 15 is 0 Å². The Morgan fingerprint density at radius 3 is 1.06 bits per heavy atom. The lowest BCUT2D eigenvalue weighted by molar-refractivity contribution is 0.660. The van der Waals surface area contributed by atoms with Gasteiger partial charge in [-0.25, -0.2) is 19.9 Å². The fraction of sp³-hybridized carbons (Fsp3) is 0.0600. The summed E-state index contributed by atoms with van der Waals surface area (Å²) in [5.74, 6) is 1.41. The second kappa shape index (κ2) is 27.1. The maximum Gasteiger partial charge on any atom is 0.160 e. The van der Waals surface area contributed by atoms with Crippen LogP contribution in [0.3, 0.4) is 0 Å². The Bertz CT molecular complexity index is 6100. The van der Waals surface area contributed by atoms with Crippen LogP contribution in [0.2, 0.25) is 0 Å². The summed E-state index contributed by atoms with van der Waals surface area (Å²) in [4.78, 5) is 28.7. The van der Waals surface area contributed by atoms with Gasteiger partial charge in [-0.3, -0.25) is 9.97 Å². The van der Waals surface area contributed by atoms with Crippen molar-refractivity contribution in [3.05, 3.63) is 387 Å². The van der Waals surface area contributed by atoms with Gasteiger partial charge >= 0.3 is 0 Å². The molecule has 17 aromatic rings. The molecule has 6 heteroatoms. The lowest BCUT2D eigenvalue weighted by Crippen LogP contribution is -2.15. The van der Waals surface area contributed by atoms with Crippen molar-refractivity contribution >= 4 is 10.8 Å². The van der Waals surface area contributed by atoms with Crippen LogP contribution in [-0.4, -0.2) is 29.9 Å². The van der Waals surface area contributed by atoms with Gasteiger partial charge in [-0.2, -0.15) is 0 Å². The van der Waals surface area contributed by atoms with Crippen molar-refractivity contribution in [3.63, 3.8) is 0 Å². The van der Waals surface area contributed by atoms with E-state index in [1.165, 1.54) is 94.2 Å². The molecule has 106 heavy (non-hydrogen) atoms. The van der Waals surface area contributed by atoms with E-state index in [-0.39, 0.29) is 10.8 Å². The maximum absolute atomic E-state index is 5.06. The van der Waals surface area contributed by atoms with E-state index in [1.54, 1.807) is 12.4 Å². The van der Waals surface area contributed by atoms with Crippen molar-refractivity contribution in [2.45, 2.75) is 38.5 Å². The highest BCUT2D eigenvalue weighted by molar-refractivity contribution is 5.99. The molecule has 13 aromatic carbocycles. The van der Waals surface area contributed by atoms with Crippen LogP contribution in [0.4, 0.5) is 0 Å². The Hall–Kier alpha value is -13.4. The standard InChI is InChI=1S/C52H37N3.C48H35N3/c1-52(2)47-29-27-42(31-46(47)45-28-26-38-9-6-7-13-44(38)50(45)52)36-16-14-34(15-17-36)35-18-22-39(23-19-35)48-32-49(55-51(54-48)41-10-4-3-5-11-41)40-24-20-37(21-25-40)43-12-8-30-53-33-43;1-48(2)42-15-7-6-13-41(42)46-40(14-8-16-43(46)48)35-23-17-32(18-24-35)33-19-25-36(26-20-33)44-30-45(51-47(50-44)38-10-4-3-5-11-38)37-27-21-34(22-28-37)39-12-9-29-49-31-39/h3-33H,1-2H3;3-31H,1-2H3.